The summed E-state index contributed by atoms with van der Waals surface area (Å²) in [6.07, 6.45) is 5.62. The molecule has 1 atom stereocenters. The topological polar surface area (TPSA) is 53.6 Å². The van der Waals surface area contributed by atoms with E-state index in [4.69, 9.17) is 0 Å². The van der Waals surface area contributed by atoms with Crippen molar-refractivity contribution in [1.29, 1.82) is 0 Å². The summed E-state index contributed by atoms with van der Waals surface area (Å²) in [5.41, 5.74) is 3.02. The van der Waals surface area contributed by atoms with E-state index < -0.39 is 0 Å². The first-order valence-electron chi connectivity index (χ1n) is 4.45. The fourth-order valence-electron chi connectivity index (χ4n) is 1.19. The zero-order valence-corrected chi connectivity index (χ0v) is 8.71. The van der Waals surface area contributed by atoms with Gasteiger partial charge in [-0.3, -0.25) is 10.1 Å². The average molecular weight is 208 g/mol. The lowest BCUT2D eigenvalue weighted by atomic mass is 10.2. The fraction of sp³-hybridized carbons (Fsp3) is 0.333. The van der Waals surface area contributed by atoms with Gasteiger partial charge in [0.05, 0.1) is 11.7 Å². The Morgan fingerprint density at radius 3 is 3.14 bits per heavy atom. The van der Waals surface area contributed by atoms with E-state index >= 15 is 0 Å². The summed E-state index contributed by atoms with van der Waals surface area (Å²) in [6.45, 7) is 2.96. The van der Waals surface area contributed by atoms with Crippen molar-refractivity contribution in [1.82, 2.24) is 20.5 Å². The summed E-state index contributed by atoms with van der Waals surface area (Å²) < 4.78 is 0. The van der Waals surface area contributed by atoms with Crippen LogP contribution in [0.2, 0.25) is 0 Å². The summed E-state index contributed by atoms with van der Waals surface area (Å²) in [6, 6.07) is 0.345. The second-order valence-corrected chi connectivity index (χ2v) is 4.03. The Morgan fingerprint density at radius 1 is 1.57 bits per heavy atom. The van der Waals surface area contributed by atoms with E-state index in [9.17, 15) is 0 Å². The maximum Gasteiger partial charge on any atom is 0.0794 e. The van der Waals surface area contributed by atoms with E-state index in [0.29, 0.717) is 6.04 Å². The Kier molecular flexibility index (Phi) is 2.90. The zero-order chi connectivity index (χ0) is 9.80. The number of aromatic amines is 1. The molecule has 2 aromatic rings. The fourth-order valence-corrected chi connectivity index (χ4v) is 1.84. The van der Waals surface area contributed by atoms with Gasteiger partial charge in [-0.05, 0) is 6.92 Å². The van der Waals surface area contributed by atoms with Gasteiger partial charge in [-0.1, -0.05) is 0 Å². The predicted octanol–water partition coefficient (Wildman–Crippen LogP) is 1.72. The maximum absolute atomic E-state index is 4.05. The van der Waals surface area contributed by atoms with Gasteiger partial charge in [-0.25, -0.2) is 0 Å². The summed E-state index contributed by atoms with van der Waals surface area (Å²) in [5, 5.41) is 10.1. The third kappa shape index (κ3) is 2.18. The molecule has 0 saturated carbocycles. The van der Waals surface area contributed by atoms with Crippen LogP contribution >= 0.6 is 11.3 Å². The molecular weight excluding hydrogens is 196 g/mol. The van der Waals surface area contributed by atoms with Gasteiger partial charge >= 0.3 is 0 Å². The summed E-state index contributed by atoms with van der Waals surface area (Å²) in [4.78, 5) is 5.31. The highest BCUT2D eigenvalue weighted by atomic mass is 32.1. The van der Waals surface area contributed by atoms with E-state index in [-0.39, 0.29) is 0 Å². The summed E-state index contributed by atoms with van der Waals surface area (Å²) >= 11 is 1.67. The molecule has 0 saturated heterocycles. The number of hydrogen-bond acceptors (Lipinski definition) is 4. The largest absolute Gasteiger partial charge is 0.305 e. The molecule has 4 nitrogen and oxygen atoms in total. The Labute approximate surface area is 86.4 Å². The Balaban J connectivity index is 1.87. The van der Waals surface area contributed by atoms with Crippen LogP contribution in [-0.2, 0) is 6.54 Å². The molecule has 74 valence electrons. The van der Waals surface area contributed by atoms with Crippen LogP contribution in [0.1, 0.15) is 23.4 Å². The van der Waals surface area contributed by atoms with Crippen LogP contribution in [0.5, 0.6) is 0 Å². The first kappa shape index (κ1) is 9.36. The minimum absolute atomic E-state index is 0.345. The Hall–Kier alpha value is -1.20. The minimum atomic E-state index is 0.345. The van der Waals surface area contributed by atoms with Gasteiger partial charge in [0.2, 0.25) is 0 Å². The van der Waals surface area contributed by atoms with Crippen molar-refractivity contribution in [3.05, 3.63) is 34.5 Å². The molecule has 2 aromatic heterocycles. The van der Waals surface area contributed by atoms with Crippen LogP contribution in [0.3, 0.4) is 0 Å². The van der Waals surface area contributed by atoms with Gasteiger partial charge in [-0.2, -0.15) is 5.10 Å². The molecule has 0 aliphatic heterocycles. The number of thiazole rings is 1. The van der Waals surface area contributed by atoms with Gasteiger partial charge in [-0.15, -0.1) is 11.3 Å². The lowest BCUT2D eigenvalue weighted by molar-refractivity contribution is 0.582. The molecule has 5 heteroatoms. The molecule has 0 aromatic carbocycles. The normalized spacial score (nSPS) is 12.9. The number of H-pyrrole nitrogens is 1. The monoisotopic (exact) mass is 208 g/mol. The Bertz CT molecular complexity index is 354. The van der Waals surface area contributed by atoms with E-state index in [1.165, 1.54) is 10.4 Å². The first-order valence-corrected chi connectivity index (χ1v) is 5.33. The second kappa shape index (κ2) is 4.34. The zero-order valence-electron chi connectivity index (χ0n) is 7.90. The number of aromatic nitrogens is 3. The molecule has 0 aliphatic rings. The molecule has 2 rings (SSSR count). The standard InChI is InChI=1S/C9H12N4S/c1-7(9-5-10-6-14-9)11-2-8-3-12-13-4-8/h3-7,11H,2H2,1H3,(H,12,13). The van der Waals surface area contributed by atoms with Crippen LogP contribution in [-0.4, -0.2) is 15.2 Å². The minimum Gasteiger partial charge on any atom is -0.305 e. The molecule has 14 heavy (non-hydrogen) atoms. The highest BCUT2D eigenvalue weighted by Crippen LogP contribution is 2.16. The highest BCUT2D eigenvalue weighted by molar-refractivity contribution is 7.09. The molecule has 0 fully saturated rings. The maximum atomic E-state index is 4.05. The van der Waals surface area contributed by atoms with Crippen LogP contribution in [0.25, 0.3) is 0 Å². The lowest BCUT2D eigenvalue weighted by Gasteiger charge is -2.09. The van der Waals surface area contributed by atoms with Crippen molar-refractivity contribution in [2.45, 2.75) is 19.5 Å². The average Bonchev–Trinajstić information content (AvgIpc) is 2.87. The van der Waals surface area contributed by atoms with E-state index in [1.807, 2.05) is 24.1 Å². The van der Waals surface area contributed by atoms with Crippen molar-refractivity contribution in [2.24, 2.45) is 0 Å². The molecular formula is C9H12N4S. The Morgan fingerprint density at radius 2 is 2.50 bits per heavy atom. The van der Waals surface area contributed by atoms with Gasteiger partial charge in [0.1, 0.15) is 0 Å². The third-order valence-corrected chi connectivity index (χ3v) is 3.00. The molecule has 0 radical (unpaired) electrons. The van der Waals surface area contributed by atoms with Gasteiger partial charge < -0.3 is 5.32 Å². The highest BCUT2D eigenvalue weighted by Gasteiger charge is 2.05. The van der Waals surface area contributed by atoms with E-state index in [1.54, 1.807) is 11.3 Å². The quantitative estimate of drug-likeness (QED) is 0.804. The molecule has 0 spiro atoms. The van der Waals surface area contributed by atoms with Crippen molar-refractivity contribution in [3.8, 4) is 0 Å². The third-order valence-electron chi connectivity index (χ3n) is 2.05. The van der Waals surface area contributed by atoms with Crippen LogP contribution < -0.4 is 5.32 Å². The lowest BCUT2D eigenvalue weighted by Crippen LogP contribution is -2.16. The van der Waals surface area contributed by atoms with Crippen molar-refractivity contribution < 1.29 is 0 Å². The van der Waals surface area contributed by atoms with Crippen LogP contribution in [0.4, 0.5) is 0 Å². The molecule has 0 amide bonds. The summed E-state index contributed by atoms with van der Waals surface area (Å²) in [5.74, 6) is 0. The molecule has 0 aliphatic carbocycles. The first-order chi connectivity index (χ1) is 6.86. The smallest absolute Gasteiger partial charge is 0.0794 e. The number of nitrogens with one attached hydrogen (secondary N) is 2. The second-order valence-electron chi connectivity index (χ2n) is 3.11. The van der Waals surface area contributed by atoms with E-state index in [2.05, 4.69) is 27.4 Å². The predicted molar refractivity (Wildman–Crippen MR) is 56.0 cm³/mol. The SMILES string of the molecule is CC(NCc1cn[nH]c1)c1cncs1. The number of nitrogens with zero attached hydrogens (tertiary/aromatic N) is 2. The van der Waals surface area contributed by atoms with Crippen molar-refractivity contribution in [3.63, 3.8) is 0 Å². The van der Waals surface area contributed by atoms with Gasteiger partial charge in [0.25, 0.3) is 0 Å². The van der Waals surface area contributed by atoms with Crippen LogP contribution in [0, 0.1) is 0 Å². The number of hydrogen-bond donors (Lipinski definition) is 2. The summed E-state index contributed by atoms with van der Waals surface area (Å²) in [7, 11) is 0. The van der Waals surface area contributed by atoms with Crippen molar-refractivity contribution in [2.75, 3.05) is 0 Å². The molecule has 2 heterocycles. The van der Waals surface area contributed by atoms with Gasteiger partial charge in [0.15, 0.2) is 0 Å². The van der Waals surface area contributed by atoms with E-state index in [0.717, 1.165) is 6.54 Å². The van der Waals surface area contributed by atoms with Gasteiger partial charge in [0, 0.05) is 35.4 Å². The number of rotatable bonds is 4. The van der Waals surface area contributed by atoms with Crippen LogP contribution in [0.15, 0.2) is 24.1 Å². The van der Waals surface area contributed by atoms with Crippen molar-refractivity contribution >= 4 is 11.3 Å². The molecule has 0 bridgehead atoms. The molecule has 1 unspecified atom stereocenters. The molecule has 2 N–H and O–H groups in total.